The van der Waals surface area contributed by atoms with Crippen molar-refractivity contribution in [3.05, 3.63) is 23.3 Å². The average Bonchev–Trinajstić information content (AvgIpc) is 2.18. The molecule has 0 amide bonds. The highest BCUT2D eigenvalue weighted by Crippen LogP contribution is 2.19. The summed E-state index contributed by atoms with van der Waals surface area (Å²) in [6.07, 6.45) is 10.4. The maximum absolute atomic E-state index is 11.7. The van der Waals surface area contributed by atoms with Gasteiger partial charge < -0.3 is 0 Å². The van der Waals surface area contributed by atoms with E-state index in [2.05, 4.69) is 26.0 Å². The molecule has 0 atom stereocenters. The molecule has 0 aromatic rings. The number of carbonyl (C=O) groups excluding carboxylic acids is 1. The maximum Gasteiger partial charge on any atom is 0.158 e. The molecule has 0 saturated heterocycles. The van der Waals surface area contributed by atoms with Gasteiger partial charge in [0.05, 0.1) is 0 Å². The molecule has 0 saturated carbocycles. The summed E-state index contributed by atoms with van der Waals surface area (Å²) in [5, 5.41) is 0. The van der Waals surface area contributed by atoms with E-state index in [0.29, 0.717) is 12.2 Å². The number of allylic oxidation sites excluding steroid dienone is 4. The van der Waals surface area contributed by atoms with Crippen molar-refractivity contribution in [2.24, 2.45) is 0 Å². The molecule has 0 radical (unpaired) electrons. The van der Waals surface area contributed by atoms with E-state index in [1.807, 2.05) is 0 Å². The lowest BCUT2D eigenvalue weighted by molar-refractivity contribution is -0.115. The first-order valence-electron chi connectivity index (χ1n) is 5.56. The fourth-order valence-corrected chi connectivity index (χ4v) is 1.74. The topological polar surface area (TPSA) is 17.1 Å². The summed E-state index contributed by atoms with van der Waals surface area (Å²) in [4.78, 5) is 11.7. The van der Waals surface area contributed by atoms with Gasteiger partial charge in [-0.25, -0.2) is 0 Å². The smallest absolute Gasteiger partial charge is 0.158 e. The zero-order valence-corrected chi connectivity index (χ0v) is 9.31. The van der Waals surface area contributed by atoms with Crippen LogP contribution in [0.25, 0.3) is 0 Å². The Labute approximate surface area is 86.9 Å². The van der Waals surface area contributed by atoms with E-state index in [0.717, 1.165) is 24.8 Å². The van der Waals surface area contributed by atoms with Crippen molar-refractivity contribution >= 4 is 5.78 Å². The third kappa shape index (κ3) is 3.91. The first-order valence-corrected chi connectivity index (χ1v) is 5.56. The number of ketones is 1. The Balaban J connectivity index is 2.34. The number of hydrogen-bond donors (Lipinski definition) is 0. The maximum atomic E-state index is 11.7. The molecule has 0 aromatic heterocycles. The Kier molecular flexibility index (Phi) is 4.64. The van der Waals surface area contributed by atoms with Gasteiger partial charge in [0.25, 0.3) is 0 Å². The molecule has 78 valence electrons. The minimum absolute atomic E-state index is 0.363. The lowest BCUT2D eigenvalue weighted by atomic mass is 9.94. The van der Waals surface area contributed by atoms with Gasteiger partial charge >= 0.3 is 0 Å². The van der Waals surface area contributed by atoms with Crippen LogP contribution in [-0.4, -0.2) is 5.78 Å². The summed E-state index contributed by atoms with van der Waals surface area (Å²) in [6, 6.07) is 0. The Morgan fingerprint density at radius 3 is 2.79 bits per heavy atom. The summed E-state index contributed by atoms with van der Waals surface area (Å²) >= 11 is 0. The van der Waals surface area contributed by atoms with Crippen LogP contribution in [0.15, 0.2) is 23.3 Å². The van der Waals surface area contributed by atoms with Crippen molar-refractivity contribution in [3.63, 3.8) is 0 Å². The van der Waals surface area contributed by atoms with Crippen LogP contribution < -0.4 is 0 Å². The summed E-state index contributed by atoms with van der Waals surface area (Å²) in [7, 11) is 0. The molecule has 0 bridgehead atoms. The molecule has 1 nitrogen and oxygen atoms in total. The lowest BCUT2D eigenvalue weighted by Crippen LogP contribution is -2.05. The van der Waals surface area contributed by atoms with Crippen molar-refractivity contribution in [1.82, 2.24) is 0 Å². The van der Waals surface area contributed by atoms with Crippen molar-refractivity contribution in [1.29, 1.82) is 0 Å². The molecule has 1 rings (SSSR count). The van der Waals surface area contributed by atoms with Gasteiger partial charge in [0.2, 0.25) is 0 Å². The first kappa shape index (κ1) is 11.2. The van der Waals surface area contributed by atoms with Crippen molar-refractivity contribution < 1.29 is 4.79 Å². The first-order chi connectivity index (χ1) is 6.70. The third-order valence-electron chi connectivity index (χ3n) is 2.57. The second-order valence-electron chi connectivity index (χ2n) is 4.22. The van der Waals surface area contributed by atoms with E-state index in [1.165, 1.54) is 18.4 Å². The largest absolute Gasteiger partial charge is 0.295 e. The van der Waals surface area contributed by atoms with Gasteiger partial charge in [-0.2, -0.15) is 0 Å². The van der Waals surface area contributed by atoms with E-state index in [1.54, 1.807) is 0 Å². The highest BCUT2D eigenvalue weighted by Gasteiger charge is 2.10. The number of Topliss-reactive ketones (excluding diaryl/α,β-unsaturated/α-hetero) is 1. The van der Waals surface area contributed by atoms with Gasteiger partial charge in [-0.3, -0.25) is 4.79 Å². The molecule has 0 spiro atoms. The summed E-state index contributed by atoms with van der Waals surface area (Å²) in [5.74, 6) is 0.363. The van der Waals surface area contributed by atoms with Crippen LogP contribution in [-0.2, 0) is 4.79 Å². The fraction of sp³-hybridized carbons (Fsp3) is 0.615. The van der Waals surface area contributed by atoms with E-state index in [4.69, 9.17) is 0 Å². The van der Waals surface area contributed by atoms with Crippen LogP contribution in [0.1, 0.15) is 52.4 Å². The van der Waals surface area contributed by atoms with Gasteiger partial charge in [0.15, 0.2) is 5.78 Å². The number of carbonyl (C=O) groups is 1. The highest BCUT2D eigenvalue weighted by atomic mass is 16.1. The Hall–Kier alpha value is -0.850. The zero-order valence-electron chi connectivity index (χ0n) is 9.31. The van der Waals surface area contributed by atoms with Crippen LogP contribution in [0.3, 0.4) is 0 Å². The molecular formula is C13H20O. The fourth-order valence-electron chi connectivity index (χ4n) is 1.74. The van der Waals surface area contributed by atoms with Crippen LogP contribution in [0.2, 0.25) is 0 Å². The molecule has 1 heteroatoms. The predicted molar refractivity (Wildman–Crippen MR) is 60.2 cm³/mol. The van der Waals surface area contributed by atoms with Crippen molar-refractivity contribution in [2.45, 2.75) is 52.4 Å². The molecule has 0 aliphatic heterocycles. The molecule has 0 heterocycles. The predicted octanol–water partition coefficient (Wildman–Crippen LogP) is 3.80. The molecule has 0 unspecified atom stereocenters. The third-order valence-corrected chi connectivity index (χ3v) is 2.57. The van der Waals surface area contributed by atoms with E-state index in [9.17, 15) is 4.79 Å². The van der Waals surface area contributed by atoms with Crippen LogP contribution >= 0.6 is 0 Å². The molecule has 14 heavy (non-hydrogen) atoms. The average molecular weight is 192 g/mol. The Bertz CT molecular complexity index is 254. The summed E-state index contributed by atoms with van der Waals surface area (Å²) in [6.45, 7) is 4.15. The number of rotatable bonds is 4. The van der Waals surface area contributed by atoms with E-state index >= 15 is 0 Å². The minimum atomic E-state index is 0.363. The van der Waals surface area contributed by atoms with E-state index in [-0.39, 0.29) is 0 Å². The van der Waals surface area contributed by atoms with Crippen LogP contribution in [0.5, 0.6) is 0 Å². The number of hydrogen-bond acceptors (Lipinski definition) is 1. The normalized spacial score (nSPS) is 16.0. The molecule has 0 N–H and O–H groups in total. The lowest BCUT2D eigenvalue weighted by Gasteiger charge is -2.10. The Morgan fingerprint density at radius 2 is 2.21 bits per heavy atom. The van der Waals surface area contributed by atoms with Gasteiger partial charge in [-0.15, -0.1) is 0 Å². The summed E-state index contributed by atoms with van der Waals surface area (Å²) < 4.78 is 0. The van der Waals surface area contributed by atoms with Crippen LogP contribution in [0, 0.1) is 0 Å². The second-order valence-corrected chi connectivity index (χ2v) is 4.22. The monoisotopic (exact) mass is 192 g/mol. The Morgan fingerprint density at radius 1 is 1.43 bits per heavy atom. The molecule has 0 aromatic carbocycles. The molecular weight excluding hydrogens is 172 g/mol. The quantitative estimate of drug-likeness (QED) is 0.619. The highest BCUT2D eigenvalue weighted by molar-refractivity contribution is 5.95. The van der Waals surface area contributed by atoms with E-state index < -0.39 is 0 Å². The zero-order chi connectivity index (χ0) is 10.4. The van der Waals surface area contributed by atoms with Crippen molar-refractivity contribution in [3.8, 4) is 0 Å². The van der Waals surface area contributed by atoms with Gasteiger partial charge in [0.1, 0.15) is 0 Å². The molecule has 0 fully saturated rings. The molecule has 1 aliphatic carbocycles. The van der Waals surface area contributed by atoms with Gasteiger partial charge in [-0.1, -0.05) is 17.7 Å². The SMILES string of the molecule is CC(C)=CCCC(=O)C1=CCCCC1. The molecule has 1 aliphatic rings. The minimum Gasteiger partial charge on any atom is -0.295 e. The summed E-state index contributed by atoms with van der Waals surface area (Å²) in [5.41, 5.74) is 2.38. The second kappa shape index (κ2) is 5.79. The van der Waals surface area contributed by atoms with Gasteiger partial charge in [-0.05, 0) is 51.5 Å². The standard InChI is InChI=1S/C13H20O/c1-11(2)7-6-10-13(14)12-8-4-3-5-9-12/h7-8H,3-6,9-10H2,1-2H3. The van der Waals surface area contributed by atoms with Crippen molar-refractivity contribution in [2.75, 3.05) is 0 Å². The van der Waals surface area contributed by atoms with Crippen LogP contribution in [0.4, 0.5) is 0 Å². The van der Waals surface area contributed by atoms with Gasteiger partial charge in [0, 0.05) is 6.42 Å².